The Kier molecular flexibility index (Phi) is 6.01. The topological polar surface area (TPSA) is 46.3 Å². The summed E-state index contributed by atoms with van der Waals surface area (Å²) < 4.78 is 1.10. The average Bonchev–Trinajstić information content (AvgIpc) is 2.64. The van der Waals surface area contributed by atoms with Gasteiger partial charge >= 0.3 is 0 Å². The van der Waals surface area contributed by atoms with E-state index in [1.165, 1.54) is 5.56 Å². The van der Waals surface area contributed by atoms with Crippen LogP contribution in [0.1, 0.15) is 24.8 Å². The molecule has 0 saturated carbocycles. The predicted molar refractivity (Wildman–Crippen MR) is 71.4 cm³/mol. The van der Waals surface area contributed by atoms with Crippen LogP contribution < -0.4 is 5.73 Å². The van der Waals surface area contributed by atoms with Crippen molar-refractivity contribution < 1.29 is 4.79 Å². The van der Waals surface area contributed by atoms with E-state index < -0.39 is 0 Å². The number of rotatable bonds is 6. The van der Waals surface area contributed by atoms with Crippen molar-refractivity contribution in [1.82, 2.24) is 4.90 Å². The molecular formula is C11H17BrN2OS. The third-order valence-electron chi connectivity index (χ3n) is 2.31. The van der Waals surface area contributed by atoms with E-state index in [1.807, 2.05) is 13.1 Å². The van der Waals surface area contributed by atoms with Crippen molar-refractivity contribution in [3.8, 4) is 0 Å². The number of amides is 1. The highest BCUT2D eigenvalue weighted by molar-refractivity contribution is 9.11. The number of carbonyl (C=O) groups excluding carboxylic acids is 1. The quantitative estimate of drug-likeness (QED) is 0.821. The molecule has 0 aliphatic rings. The van der Waals surface area contributed by atoms with Crippen molar-refractivity contribution in [2.24, 2.45) is 5.73 Å². The summed E-state index contributed by atoms with van der Waals surface area (Å²) >= 11 is 5.05. The van der Waals surface area contributed by atoms with E-state index in [4.69, 9.17) is 5.73 Å². The fourth-order valence-corrected chi connectivity index (χ4v) is 2.60. The number of hydrogen-bond acceptors (Lipinski definition) is 3. The zero-order valence-electron chi connectivity index (χ0n) is 9.41. The summed E-state index contributed by atoms with van der Waals surface area (Å²) in [4.78, 5) is 13.5. The molecule has 1 amide bonds. The summed E-state index contributed by atoms with van der Waals surface area (Å²) in [7, 11) is 1.84. The molecule has 0 saturated heterocycles. The maximum Gasteiger partial charge on any atom is 0.222 e. The van der Waals surface area contributed by atoms with E-state index >= 15 is 0 Å². The number of carbonyl (C=O) groups is 1. The highest BCUT2D eigenvalue weighted by atomic mass is 79.9. The third kappa shape index (κ3) is 4.63. The van der Waals surface area contributed by atoms with E-state index in [1.54, 1.807) is 16.2 Å². The van der Waals surface area contributed by atoms with Crippen LogP contribution in [0.3, 0.4) is 0 Å². The van der Waals surface area contributed by atoms with Gasteiger partial charge < -0.3 is 10.6 Å². The Hall–Kier alpha value is -0.390. The highest BCUT2D eigenvalue weighted by Gasteiger charge is 2.09. The number of nitrogens with zero attached hydrogens (tertiary/aromatic N) is 1. The van der Waals surface area contributed by atoms with Crippen LogP contribution in [0.4, 0.5) is 0 Å². The fourth-order valence-electron chi connectivity index (χ4n) is 1.40. The van der Waals surface area contributed by atoms with Crippen molar-refractivity contribution in [1.29, 1.82) is 0 Å². The molecule has 1 rings (SSSR count). The highest BCUT2D eigenvalue weighted by Crippen LogP contribution is 2.21. The maximum absolute atomic E-state index is 11.7. The molecule has 16 heavy (non-hydrogen) atoms. The Morgan fingerprint density at radius 3 is 2.88 bits per heavy atom. The van der Waals surface area contributed by atoms with Crippen LogP contribution in [0.5, 0.6) is 0 Å². The van der Waals surface area contributed by atoms with Gasteiger partial charge in [0.25, 0.3) is 0 Å². The van der Waals surface area contributed by atoms with Crippen molar-refractivity contribution in [3.05, 3.63) is 20.8 Å². The fraction of sp³-hybridized carbons (Fsp3) is 0.545. The molecule has 0 bridgehead atoms. The van der Waals surface area contributed by atoms with E-state index in [-0.39, 0.29) is 5.91 Å². The summed E-state index contributed by atoms with van der Waals surface area (Å²) in [6, 6.07) is 2.05. The van der Waals surface area contributed by atoms with Crippen LogP contribution in [0.2, 0.25) is 0 Å². The van der Waals surface area contributed by atoms with E-state index in [9.17, 15) is 4.79 Å². The van der Waals surface area contributed by atoms with Gasteiger partial charge in [-0.15, -0.1) is 11.3 Å². The first-order valence-electron chi connectivity index (χ1n) is 5.30. The van der Waals surface area contributed by atoms with Crippen molar-refractivity contribution in [2.45, 2.75) is 25.8 Å². The Balaban J connectivity index is 2.34. The minimum atomic E-state index is 0.191. The normalized spacial score (nSPS) is 10.4. The summed E-state index contributed by atoms with van der Waals surface area (Å²) in [5.41, 5.74) is 6.56. The lowest BCUT2D eigenvalue weighted by Crippen LogP contribution is -2.25. The molecule has 0 aromatic carbocycles. The minimum absolute atomic E-state index is 0.191. The molecule has 0 atom stereocenters. The van der Waals surface area contributed by atoms with Gasteiger partial charge in [0.15, 0.2) is 0 Å². The molecule has 5 heteroatoms. The molecule has 1 aromatic rings. The predicted octanol–water partition coefficient (Wildman–Crippen LogP) is 2.60. The van der Waals surface area contributed by atoms with Crippen LogP contribution >= 0.6 is 27.3 Å². The molecule has 3 nitrogen and oxygen atoms in total. The van der Waals surface area contributed by atoms with Gasteiger partial charge in [0.2, 0.25) is 5.91 Å². The van der Waals surface area contributed by atoms with Crippen molar-refractivity contribution >= 4 is 33.2 Å². The number of hydrogen-bond donors (Lipinski definition) is 1. The number of halogens is 1. The molecule has 1 aromatic heterocycles. The molecule has 0 unspecified atom stereocenters. The smallest absolute Gasteiger partial charge is 0.222 e. The van der Waals surface area contributed by atoms with Crippen LogP contribution in [-0.2, 0) is 11.3 Å². The van der Waals surface area contributed by atoms with Gasteiger partial charge in [-0.3, -0.25) is 4.79 Å². The van der Waals surface area contributed by atoms with Crippen LogP contribution in [0.25, 0.3) is 0 Å². The first kappa shape index (κ1) is 13.7. The standard InChI is InChI=1S/C11H17BrN2OS/c1-14(11(15)4-2-3-5-13)7-9-6-10(12)16-8-9/h6,8H,2-5,7,13H2,1H3. The average molecular weight is 305 g/mol. The number of unbranched alkanes of at least 4 members (excludes halogenated alkanes) is 1. The van der Waals surface area contributed by atoms with Crippen LogP contribution in [-0.4, -0.2) is 24.4 Å². The maximum atomic E-state index is 11.7. The Bertz CT molecular complexity index is 340. The van der Waals surface area contributed by atoms with Gasteiger partial charge in [0.05, 0.1) is 3.79 Å². The summed E-state index contributed by atoms with van der Waals surface area (Å²) in [5, 5.41) is 2.06. The van der Waals surface area contributed by atoms with Gasteiger partial charge in [0, 0.05) is 20.0 Å². The SMILES string of the molecule is CN(Cc1csc(Br)c1)C(=O)CCCCN. The van der Waals surface area contributed by atoms with Gasteiger partial charge in [-0.1, -0.05) is 0 Å². The molecule has 90 valence electrons. The number of thiophene rings is 1. The summed E-state index contributed by atoms with van der Waals surface area (Å²) in [6.45, 7) is 1.35. The van der Waals surface area contributed by atoms with Gasteiger partial charge in [-0.25, -0.2) is 0 Å². The monoisotopic (exact) mass is 304 g/mol. The lowest BCUT2D eigenvalue weighted by molar-refractivity contribution is -0.130. The largest absolute Gasteiger partial charge is 0.341 e. The molecule has 2 N–H and O–H groups in total. The van der Waals surface area contributed by atoms with E-state index in [2.05, 4.69) is 21.3 Å². The molecular weight excluding hydrogens is 288 g/mol. The zero-order valence-corrected chi connectivity index (χ0v) is 11.8. The molecule has 0 fully saturated rings. The third-order valence-corrected chi connectivity index (χ3v) is 3.87. The summed E-state index contributed by atoms with van der Waals surface area (Å²) in [5.74, 6) is 0.191. The number of nitrogens with two attached hydrogens (primary N) is 1. The molecule has 0 aliphatic heterocycles. The van der Waals surface area contributed by atoms with Gasteiger partial charge in [0.1, 0.15) is 0 Å². The Morgan fingerprint density at radius 1 is 1.56 bits per heavy atom. The Morgan fingerprint density at radius 2 is 2.31 bits per heavy atom. The Labute approximate surface area is 109 Å². The molecule has 0 spiro atoms. The summed E-state index contributed by atoms with van der Waals surface area (Å²) in [6.07, 6.45) is 2.40. The molecule has 0 radical (unpaired) electrons. The van der Waals surface area contributed by atoms with Gasteiger partial charge in [-0.05, 0) is 52.3 Å². The lowest BCUT2D eigenvalue weighted by atomic mass is 10.2. The van der Waals surface area contributed by atoms with E-state index in [0.717, 1.165) is 16.6 Å². The first-order valence-corrected chi connectivity index (χ1v) is 6.97. The second-order valence-corrected chi connectivity index (χ2v) is 6.05. The minimum Gasteiger partial charge on any atom is -0.341 e. The molecule has 1 heterocycles. The molecule has 0 aliphatic carbocycles. The van der Waals surface area contributed by atoms with Crippen molar-refractivity contribution in [3.63, 3.8) is 0 Å². The van der Waals surface area contributed by atoms with Crippen LogP contribution in [0.15, 0.2) is 15.2 Å². The van der Waals surface area contributed by atoms with Gasteiger partial charge in [-0.2, -0.15) is 0 Å². The van der Waals surface area contributed by atoms with Crippen molar-refractivity contribution in [2.75, 3.05) is 13.6 Å². The zero-order chi connectivity index (χ0) is 12.0. The lowest BCUT2D eigenvalue weighted by Gasteiger charge is -2.16. The van der Waals surface area contributed by atoms with Crippen LogP contribution in [0, 0.1) is 0 Å². The first-order chi connectivity index (χ1) is 7.63. The second-order valence-electron chi connectivity index (χ2n) is 3.75. The van der Waals surface area contributed by atoms with E-state index in [0.29, 0.717) is 19.5 Å². The second kappa shape index (κ2) is 7.04.